The Morgan fingerprint density at radius 3 is 2.39 bits per heavy atom. The number of urea groups is 1. The normalized spacial score (nSPS) is 11.7. The fourth-order valence-electron chi connectivity index (χ4n) is 4.72. The maximum absolute atomic E-state index is 13.9. The second-order valence-electron chi connectivity index (χ2n) is 9.72. The molecule has 41 heavy (non-hydrogen) atoms. The number of anilines is 1. The number of nitro benzene ring substituents is 1. The number of unbranched alkanes of at least 4 members (excludes halogenated alkanes) is 3. The number of nitrogens with zero attached hydrogens (tertiary/aromatic N) is 4. The summed E-state index contributed by atoms with van der Waals surface area (Å²) in [6.45, 7) is 6.84. The highest BCUT2D eigenvalue weighted by molar-refractivity contribution is 5.89. The van der Waals surface area contributed by atoms with Crippen LogP contribution in [-0.4, -0.2) is 38.6 Å². The molecule has 10 nitrogen and oxygen atoms in total. The summed E-state index contributed by atoms with van der Waals surface area (Å²) in [7, 11) is 0. The molecule has 4 rings (SSSR count). The van der Waals surface area contributed by atoms with Crippen molar-refractivity contribution in [2.75, 3.05) is 18.5 Å². The molecular formula is C31H35N5O5. The molecule has 1 heterocycles. The summed E-state index contributed by atoms with van der Waals surface area (Å²) in [4.78, 5) is 44.6. The van der Waals surface area contributed by atoms with Gasteiger partial charge in [-0.3, -0.25) is 19.5 Å². The number of ether oxygens (including phenoxy) is 1. The van der Waals surface area contributed by atoms with Gasteiger partial charge in [0.25, 0.3) is 11.2 Å². The Balaban J connectivity index is 1.76. The van der Waals surface area contributed by atoms with Crippen LogP contribution in [-0.2, 0) is 0 Å². The molecule has 0 fully saturated rings. The summed E-state index contributed by atoms with van der Waals surface area (Å²) >= 11 is 0. The van der Waals surface area contributed by atoms with E-state index in [0.29, 0.717) is 47.0 Å². The maximum Gasteiger partial charge on any atom is 0.322 e. The van der Waals surface area contributed by atoms with Gasteiger partial charge in [0.05, 0.1) is 34.2 Å². The molecule has 1 unspecified atom stereocenters. The third-order valence-corrected chi connectivity index (χ3v) is 6.89. The van der Waals surface area contributed by atoms with Crippen molar-refractivity contribution in [2.24, 2.45) is 0 Å². The van der Waals surface area contributed by atoms with Crippen molar-refractivity contribution >= 4 is 28.3 Å². The van der Waals surface area contributed by atoms with Gasteiger partial charge in [-0.25, -0.2) is 9.78 Å². The first-order valence-electron chi connectivity index (χ1n) is 13.9. The van der Waals surface area contributed by atoms with Crippen LogP contribution in [0.25, 0.3) is 16.6 Å². The number of amides is 2. The number of benzene rings is 3. The van der Waals surface area contributed by atoms with Crippen molar-refractivity contribution in [1.82, 2.24) is 14.5 Å². The Hall–Kier alpha value is -4.73. The summed E-state index contributed by atoms with van der Waals surface area (Å²) < 4.78 is 7.14. The van der Waals surface area contributed by atoms with Gasteiger partial charge in [-0.15, -0.1) is 0 Å². The molecule has 10 heteroatoms. The van der Waals surface area contributed by atoms with Gasteiger partial charge in [-0.1, -0.05) is 38.3 Å². The molecule has 0 saturated carbocycles. The van der Waals surface area contributed by atoms with Gasteiger partial charge in [0.15, 0.2) is 0 Å². The highest BCUT2D eigenvalue weighted by Crippen LogP contribution is 2.26. The fraction of sp³-hybridized carbons (Fsp3) is 0.323. The standard InChI is InChI=1S/C31H35N5O5/c1-4-6-7-10-21-34(31(38)32-23-13-15-25(16-14-23)36(39)40)22(3)29-33-28-12-9-8-11-27(28)30(37)35(29)24-17-19-26(20-18-24)41-5-2/h8-9,11-20,22H,4-7,10,21H2,1-3H3,(H,32,38). The number of aromatic nitrogens is 2. The minimum absolute atomic E-state index is 0.0625. The maximum atomic E-state index is 13.9. The lowest BCUT2D eigenvalue weighted by molar-refractivity contribution is -0.384. The zero-order valence-corrected chi connectivity index (χ0v) is 23.6. The second kappa shape index (κ2) is 13.6. The third-order valence-electron chi connectivity index (χ3n) is 6.89. The molecule has 4 aromatic rings. The lowest BCUT2D eigenvalue weighted by Crippen LogP contribution is -2.40. The first-order chi connectivity index (χ1) is 19.8. The number of nitrogens with one attached hydrogen (secondary N) is 1. The van der Waals surface area contributed by atoms with E-state index in [1.165, 1.54) is 24.3 Å². The molecule has 0 spiro atoms. The quantitative estimate of drug-likeness (QED) is 0.115. The first-order valence-corrected chi connectivity index (χ1v) is 13.9. The molecule has 1 atom stereocenters. The molecule has 0 aliphatic carbocycles. The zero-order valence-electron chi connectivity index (χ0n) is 23.6. The van der Waals surface area contributed by atoms with Crippen LogP contribution in [0.2, 0.25) is 0 Å². The largest absolute Gasteiger partial charge is 0.494 e. The van der Waals surface area contributed by atoms with Crippen LogP contribution in [0.1, 0.15) is 58.3 Å². The van der Waals surface area contributed by atoms with E-state index < -0.39 is 11.0 Å². The van der Waals surface area contributed by atoms with Crippen molar-refractivity contribution in [3.8, 4) is 11.4 Å². The number of fused-ring (bicyclic) bond motifs is 1. The van der Waals surface area contributed by atoms with Gasteiger partial charge >= 0.3 is 6.03 Å². The SMILES string of the molecule is CCCCCCN(C(=O)Nc1ccc([N+](=O)[O-])cc1)C(C)c1nc2ccccc2c(=O)n1-c1ccc(OCC)cc1. The van der Waals surface area contributed by atoms with Gasteiger partial charge in [0, 0.05) is 24.4 Å². The lowest BCUT2D eigenvalue weighted by Gasteiger charge is -2.31. The van der Waals surface area contributed by atoms with Gasteiger partial charge in [-0.2, -0.15) is 0 Å². The van der Waals surface area contributed by atoms with Crippen LogP contribution in [0.4, 0.5) is 16.2 Å². The van der Waals surface area contributed by atoms with Gasteiger partial charge in [-0.05, 0) is 68.8 Å². The van der Waals surface area contributed by atoms with Crippen LogP contribution in [0.3, 0.4) is 0 Å². The summed E-state index contributed by atoms with van der Waals surface area (Å²) in [5, 5.41) is 14.4. The predicted molar refractivity (Wildman–Crippen MR) is 160 cm³/mol. The van der Waals surface area contributed by atoms with E-state index in [4.69, 9.17) is 9.72 Å². The number of hydrogen-bond donors (Lipinski definition) is 1. The molecule has 0 bridgehead atoms. The van der Waals surface area contributed by atoms with E-state index in [2.05, 4.69) is 12.2 Å². The molecule has 2 amide bonds. The summed E-state index contributed by atoms with van der Waals surface area (Å²) in [6.07, 6.45) is 3.81. The van der Waals surface area contributed by atoms with E-state index in [0.717, 1.165) is 25.7 Å². The van der Waals surface area contributed by atoms with E-state index in [1.807, 2.05) is 32.0 Å². The fourth-order valence-corrected chi connectivity index (χ4v) is 4.72. The van der Waals surface area contributed by atoms with E-state index in [9.17, 15) is 19.7 Å². The molecule has 1 aromatic heterocycles. The average Bonchev–Trinajstić information content (AvgIpc) is 2.98. The van der Waals surface area contributed by atoms with E-state index in [1.54, 1.807) is 39.8 Å². The Morgan fingerprint density at radius 2 is 1.73 bits per heavy atom. The minimum Gasteiger partial charge on any atom is -0.494 e. The van der Waals surface area contributed by atoms with Crippen molar-refractivity contribution in [3.63, 3.8) is 0 Å². The number of hydrogen-bond acceptors (Lipinski definition) is 6. The van der Waals surface area contributed by atoms with E-state index in [-0.39, 0.29) is 17.3 Å². The number of carbonyl (C=O) groups excluding carboxylic acids is 1. The smallest absolute Gasteiger partial charge is 0.322 e. The molecule has 0 saturated heterocycles. The predicted octanol–water partition coefficient (Wildman–Crippen LogP) is 6.87. The number of nitro groups is 1. The van der Waals surface area contributed by atoms with Crippen LogP contribution < -0.4 is 15.6 Å². The number of non-ortho nitro benzene ring substituents is 1. The Kier molecular flexibility index (Phi) is 9.68. The molecule has 0 radical (unpaired) electrons. The minimum atomic E-state index is -0.585. The number of para-hydroxylation sites is 1. The molecule has 0 aliphatic rings. The number of rotatable bonds is 12. The molecule has 1 N–H and O–H groups in total. The third kappa shape index (κ3) is 6.89. The Labute approximate surface area is 238 Å². The molecule has 3 aromatic carbocycles. The van der Waals surface area contributed by atoms with Crippen LogP contribution in [0, 0.1) is 10.1 Å². The lowest BCUT2D eigenvalue weighted by atomic mass is 10.1. The second-order valence-corrected chi connectivity index (χ2v) is 9.72. The highest BCUT2D eigenvalue weighted by Gasteiger charge is 2.27. The monoisotopic (exact) mass is 557 g/mol. The summed E-state index contributed by atoms with van der Waals surface area (Å²) in [5.74, 6) is 1.11. The summed E-state index contributed by atoms with van der Waals surface area (Å²) in [5.41, 5.74) is 1.29. The highest BCUT2D eigenvalue weighted by atomic mass is 16.6. The topological polar surface area (TPSA) is 120 Å². The molecule has 0 aliphatic heterocycles. The van der Waals surface area contributed by atoms with Gasteiger partial charge < -0.3 is 15.0 Å². The van der Waals surface area contributed by atoms with Crippen molar-refractivity contribution in [3.05, 3.63) is 99.1 Å². The van der Waals surface area contributed by atoms with Gasteiger partial charge in [0.1, 0.15) is 11.6 Å². The Morgan fingerprint density at radius 1 is 1.02 bits per heavy atom. The molecule has 214 valence electrons. The van der Waals surface area contributed by atoms with Crippen molar-refractivity contribution in [1.29, 1.82) is 0 Å². The van der Waals surface area contributed by atoms with Crippen LogP contribution in [0.5, 0.6) is 5.75 Å². The molecular weight excluding hydrogens is 522 g/mol. The van der Waals surface area contributed by atoms with Crippen molar-refractivity contribution in [2.45, 2.75) is 52.5 Å². The Bertz CT molecular complexity index is 1550. The number of carbonyl (C=O) groups is 1. The van der Waals surface area contributed by atoms with Crippen LogP contribution >= 0.6 is 0 Å². The summed E-state index contributed by atoms with van der Waals surface area (Å²) in [6, 6.07) is 19.1. The first kappa shape index (κ1) is 29.3. The van der Waals surface area contributed by atoms with E-state index >= 15 is 0 Å². The van der Waals surface area contributed by atoms with Crippen LogP contribution in [0.15, 0.2) is 77.6 Å². The average molecular weight is 558 g/mol. The van der Waals surface area contributed by atoms with Gasteiger partial charge in [0.2, 0.25) is 0 Å². The van der Waals surface area contributed by atoms with Crippen molar-refractivity contribution < 1.29 is 14.5 Å². The zero-order chi connectivity index (χ0) is 29.4.